The molecular weight excluding hydrogens is 415 g/mol. The maximum Gasteiger partial charge on any atom is 0.418 e. The van der Waals surface area contributed by atoms with Gasteiger partial charge in [0.05, 0.1) is 16.2 Å². The van der Waals surface area contributed by atoms with E-state index in [1.165, 1.54) is 48.5 Å². The van der Waals surface area contributed by atoms with Crippen LogP contribution in [0.5, 0.6) is 0 Å². The van der Waals surface area contributed by atoms with Gasteiger partial charge in [0, 0.05) is 23.8 Å². The van der Waals surface area contributed by atoms with Crippen LogP contribution < -0.4 is 5.32 Å². The SMILES string of the molecule is N#C/C(=C\c1ccc(-c2ccc([N+](=O)[O-])cc2)o1)C(=O)Nc1ccccc1C(F)(F)F. The number of hydrogen-bond acceptors (Lipinski definition) is 5. The molecule has 0 aliphatic carbocycles. The number of nitrogens with one attached hydrogen (secondary N) is 1. The van der Waals surface area contributed by atoms with Gasteiger partial charge in [0.2, 0.25) is 0 Å². The van der Waals surface area contributed by atoms with Crippen molar-refractivity contribution in [2.45, 2.75) is 6.18 Å². The quantitative estimate of drug-likeness (QED) is 0.253. The molecule has 2 aromatic carbocycles. The smallest absolute Gasteiger partial charge is 0.418 e. The van der Waals surface area contributed by atoms with Crippen LogP contribution in [0.3, 0.4) is 0 Å². The van der Waals surface area contributed by atoms with Crippen molar-refractivity contribution in [3.8, 4) is 17.4 Å². The molecule has 0 unspecified atom stereocenters. The van der Waals surface area contributed by atoms with Gasteiger partial charge in [-0.05, 0) is 36.4 Å². The van der Waals surface area contributed by atoms with Crippen molar-refractivity contribution in [3.63, 3.8) is 0 Å². The van der Waals surface area contributed by atoms with E-state index < -0.39 is 33.8 Å². The third-order valence-electron chi connectivity index (χ3n) is 4.12. The summed E-state index contributed by atoms with van der Waals surface area (Å²) in [6.45, 7) is 0. The predicted molar refractivity (Wildman–Crippen MR) is 104 cm³/mol. The molecule has 0 saturated heterocycles. The summed E-state index contributed by atoms with van der Waals surface area (Å²) in [7, 11) is 0. The Morgan fingerprint density at radius 2 is 1.77 bits per heavy atom. The fourth-order valence-electron chi connectivity index (χ4n) is 2.65. The number of alkyl halides is 3. The third kappa shape index (κ3) is 4.97. The lowest BCUT2D eigenvalue weighted by atomic mass is 10.1. The van der Waals surface area contributed by atoms with Crippen LogP contribution >= 0.6 is 0 Å². The second-order valence-electron chi connectivity index (χ2n) is 6.17. The molecule has 10 heteroatoms. The Bertz CT molecular complexity index is 1210. The highest BCUT2D eigenvalue weighted by molar-refractivity contribution is 6.09. The number of nitriles is 1. The molecule has 3 aromatic rings. The molecule has 1 N–H and O–H groups in total. The molecule has 0 spiro atoms. The molecule has 0 aliphatic rings. The van der Waals surface area contributed by atoms with Crippen molar-refractivity contribution in [2.75, 3.05) is 5.32 Å². The minimum absolute atomic E-state index is 0.0991. The van der Waals surface area contributed by atoms with Crippen molar-refractivity contribution < 1.29 is 27.3 Å². The minimum Gasteiger partial charge on any atom is -0.457 e. The zero-order valence-electron chi connectivity index (χ0n) is 15.5. The molecule has 156 valence electrons. The summed E-state index contributed by atoms with van der Waals surface area (Å²) < 4.78 is 44.8. The fraction of sp³-hybridized carbons (Fsp3) is 0.0476. The highest BCUT2D eigenvalue weighted by Crippen LogP contribution is 2.34. The van der Waals surface area contributed by atoms with Crippen LogP contribution in [0.1, 0.15) is 11.3 Å². The Labute approximate surface area is 173 Å². The molecule has 1 amide bonds. The number of non-ortho nitro benzene ring substituents is 1. The summed E-state index contributed by atoms with van der Waals surface area (Å²) in [5.74, 6) is -0.613. The predicted octanol–water partition coefficient (Wildman–Crippen LogP) is 5.42. The molecule has 0 fully saturated rings. The van der Waals surface area contributed by atoms with Crippen molar-refractivity contribution in [3.05, 3.63) is 87.7 Å². The molecule has 0 aliphatic heterocycles. The first-order chi connectivity index (χ1) is 14.7. The molecule has 0 atom stereocenters. The monoisotopic (exact) mass is 427 g/mol. The third-order valence-corrected chi connectivity index (χ3v) is 4.12. The van der Waals surface area contributed by atoms with Gasteiger partial charge in [0.15, 0.2) is 0 Å². The van der Waals surface area contributed by atoms with Gasteiger partial charge in [0.1, 0.15) is 23.2 Å². The van der Waals surface area contributed by atoms with E-state index in [9.17, 15) is 33.3 Å². The Balaban J connectivity index is 1.82. The van der Waals surface area contributed by atoms with Gasteiger partial charge in [-0.3, -0.25) is 14.9 Å². The minimum atomic E-state index is -4.68. The van der Waals surface area contributed by atoms with E-state index in [1.54, 1.807) is 6.07 Å². The Morgan fingerprint density at radius 1 is 1.10 bits per heavy atom. The number of carbonyl (C=O) groups excluding carboxylic acids is 1. The highest BCUT2D eigenvalue weighted by Gasteiger charge is 2.33. The summed E-state index contributed by atoms with van der Waals surface area (Å²) in [5.41, 5.74) is -1.57. The van der Waals surface area contributed by atoms with E-state index in [4.69, 9.17) is 4.42 Å². The molecular formula is C21H12F3N3O4. The summed E-state index contributed by atoms with van der Waals surface area (Å²) in [4.78, 5) is 22.5. The van der Waals surface area contributed by atoms with E-state index in [0.717, 1.165) is 18.2 Å². The first-order valence-electron chi connectivity index (χ1n) is 8.63. The second kappa shape index (κ2) is 8.54. The number of halogens is 3. The standard InChI is InChI=1S/C21H12F3N3O4/c22-21(23,24)17-3-1-2-4-18(17)26-20(28)14(12-25)11-16-9-10-19(31-16)13-5-7-15(8-6-13)27(29)30/h1-11H,(H,26,28)/b14-11+. The van der Waals surface area contributed by atoms with Crippen molar-refractivity contribution >= 4 is 23.4 Å². The van der Waals surface area contributed by atoms with Crippen LogP contribution in [0.4, 0.5) is 24.5 Å². The molecule has 7 nitrogen and oxygen atoms in total. The molecule has 0 bridgehead atoms. The molecule has 31 heavy (non-hydrogen) atoms. The van der Waals surface area contributed by atoms with Crippen molar-refractivity contribution in [2.24, 2.45) is 0 Å². The molecule has 0 radical (unpaired) electrons. The summed E-state index contributed by atoms with van der Waals surface area (Å²) in [5, 5.41) is 22.1. The van der Waals surface area contributed by atoms with Gasteiger partial charge >= 0.3 is 6.18 Å². The second-order valence-corrected chi connectivity index (χ2v) is 6.17. The van der Waals surface area contributed by atoms with E-state index in [0.29, 0.717) is 11.3 Å². The topological polar surface area (TPSA) is 109 Å². The van der Waals surface area contributed by atoms with Gasteiger partial charge in [-0.1, -0.05) is 12.1 Å². The molecule has 3 rings (SSSR count). The number of nitro benzene ring substituents is 1. The molecule has 1 heterocycles. The zero-order chi connectivity index (χ0) is 22.6. The van der Waals surface area contributed by atoms with E-state index in [-0.39, 0.29) is 11.4 Å². The van der Waals surface area contributed by atoms with E-state index in [1.807, 2.05) is 0 Å². The summed E-state index contributed by atoms with van der Waals surface area (Å²) in [6.07, 6.45) is -3.60. The average molecular weight is 427 g/mol. The number of anilines is 1. The molecule has 0 saturated carbocycles. The summed E-state index contributed by atoms with van der Waals surface area (Å²) >= 11 is 0. The van der Waals surface area contributed by atoms with Gasteiger partial charge in [-0.2, -0.15) is 18.4 Å². The van der Waals surface area contributed by atoms with Gasteiger partial charge in [0.25, 0.3) is 11.6 Å². The number of benzene rings is 2. The number of nitro groups is 1. The van der Waals surface area contributed by atoms with E-state index >= 15 is 0 Å². The first kappa shape index (κ1) is 21.3. The lowest BCUT2D eigenvalue weighted by Gasteiger charge is -2.13. The number of nitrogens with zero attached hydrogens (tertiary/aromatic N) is 2. The maximum absolute atomic E-state index is 13.1. The van der Waals surface area contributed by atoms with Gasteiger partial charge < -0.3 is 9.73 Å². The average Bonchev–Trinajstić information content (AvgIpc) is 3.20. The van der Waals surface area contributed by atoms with Crippen LogP contribution in [-0.2, 0) is 11.0 Å². The van der Waals surface area contributed by atoms with Crippen LogP contribution in [0, 0.1) is 21.4 Å². The van der Waals surface area contributed by atoms with Crippen molar-refractivity contribution in [1.82, 2.24) is 0 Å². The zero-order valence-corrected chi connectivity index (χ0v) is 15.5. The summed E-state index contributed by atoms with van der Waals surface area (Å²) in [6, 6.07) is 14.5. The lowest BCUT2D eigenvalue weighted by molar-refractivity contribution is -0.384. The van der Waals surface area contributed by atoms with Gasteiger partial charge in [-0.15, -0.1) is 0 Å². The number of rotatable bonds is 5. The molecule has 1 aromatic heterocycles. The highest BCUT2D eigenvalue weighted by atomic mass is 19.4. The normalized spacial score (nSPS) is 11.6. The largest absolute Gasteiger partial charge is 0.457 e. The Morgan fingerprint density at radius 3 is 2.39 bits per heavy atom. The van der Waals surface area contributed by atoms with E-state index in [2.05, 4.69) is 5.32 Å². The van der Waals surface area contributed by atoms with Crippen LogP contribution in [0.2, 0.25) is 0 Å². The Hall–Kier alpha value is -4.39. The van der Waals surface area contributed by atoms with Crippen LogP contribution in [-0.4, -0.2) is 10.8 Å². The van der Waals surface area contributed by atoms with Gasteiger partial charge in [-0.25, -0.2) is 0 Å². The Kier molecular flexibility index (Phi) is 5.88. The lowest BCUT2D eigenvalue weighted by Crippen LogP contribution is -2.17. The number of amides is 1. The van der Waals surface area contributed by atoms with Crippen molar-refractivity contribution in [1.29, 1.82) is 5.26 Å². The number of carbonyl (C=O) groups is 1. The van der Waals surface area contributed by atoms with Crippen LogP contribution in [0.15, 0.2) is 70.7 Å². The van der Waals surface area contributed by atoms with Crippen LogP contribution in [0.25, 0.3) is 17.4 Å². The fourth-order valence-corrected chi connectivity index (χ4v) is 2.65. The first-order valence-corrected chi connectivity index (χ1v) is 8.63. The number of para-hydroxylation sites is 1. The number of hydrogen-bond donors (Lipinski definition) is 1. The number of furan rings is 1. The maximum atomic E-state index is 13.1.